The summed E-state index contributed by atoms with van der Waals surface area (Å²) in [4.78, 5) is 3.67. The molecule has 1 aromatic heterocycles. The molecule has 3 nitrogen and oxygen atoms in total. The summed E-state index contributed by atoms with van der Waals surface area (Å²) >= 11 is 3.07. The first kappa shape index (κ1) is 11.2. The van der Waals surface area contributed by atoms with Gasteiger partial charge in [0.1, 0.15) is 0 Å². The zero-order chi connectivity index (χ0) is 10.7. The number of hydrogen-bond donors (Lipinski definition) is 1. The Morgan fingerprint density at radius 1 is 1.64 bits per heavy atom. The Bertz CT molecular complexity index is 333. The average Bonchev–Trinajstić information content (AvgIpc) is 2.17. The Kier molecular flexibility index (Phi) is 3.62. The molecule has 1 aromatic rings. The quantitative estimate of drug-likeness (QED) is 0.857. The van der Waals surface area contributed by atoms with Gasteiger partial charge in [0, 0.05) is 11.5 Å². The van der Waals surface area contributed by atoms with Crippen LogP contribution in [0.25, 0.3) is 0 Å². The van der Waals surface area contributed by atoms with Gasteiger partial charge < -0.3 is 9.84 Å². The van der Waals surface area contributed by atoms with Crippen molar-refractivity contribution in [1.82, 2.24) is 4.98 Å². The lowest BCUT2D eigenvalue weighted by atomic mass is 10.2. The molecule has 1 rings (SSSR count). The molecule has 0 aliphatic carbocycles. The molecule has 0 saturated heterocycles. The highest BCUT2D eigenvalue weighted by Gasteiger charge is 2.20. The third-order valence-corrected chi connectivity index (χ3v) is 2.21. The number of aromatic hydroxyl groups is 1. The standard InChI is InChI=1S/C8H8BrF2NO2/c1-14-7-4(8(10)11)3-12-5(2-9)6(7)13/h3,8,13H,2H2,1H3. The second-order valence-electron chi connectivity index (χ2n) is 2.48. The summed E-state index contributed by atoms with van der Waals surface area (Å²) in [5.41, 5.74) is -0.138. The van der Waals surface area contributed by atoms with E-state index >= 15 is 0 Å². The van der Waals surface area contributed by atoms with Crippen LogP contribution in [0.2, 0.25) is 0 Å². The lowest BCUT2D eigenvalue weighted by Gasteiger charge is -2.10. The maximum Gasteiger partial charge on any atom is 0.269 e. The minimum absolute atomic E-state index is 0.218. The number of alkyl halides is 3. The van der Waals surface area contributed by atoms with Gasteiger partial charge in [-0.1, -0.05) is 15.9 Å². The number of halogens is 3. The Balaban J connectivity index is 3.28. The van der Waals surface area contributed by atoms with Gasteiger partial charge in [0.25, 0.3) is 6.43 Å². The summed E-state index contributed by atoms with van der Waals surface area (Å²) in [6, 6.07) is 0. The molecule has 1 N–H and O–H groups in total. The van der Waals surface area contributed by atoms with Crippen molar-refractivity contribution in [1.29, 1.82) is 0 Å². The second kappa shape index (κ2) is 4.54. The number of methoxy groups -OCH3 is 1. The first-order valence-corrected chi connectivity index (χ1v) is 4.82. The van der Waals surface area contributed by atoms with Crippen LogP contribution in [-0.4, -0.2) is 17.2 Å². The van der Waals surface area contributed by atoms with Crippen molar-refractivity contribution < 1.29 is 18.6 Å². The fraction of sp³-hybridized carbons (Fsp3) is 0.375. The molecule has 0 aromatic carbocycles. The molecule has 6 heteroatoms. The smallest absolute Gasteiger partial charge is 0.269 e. The summed E-state index contributed by atoms with van der Waals surface area (Å²) < 4.78 is 29.5. The minimum Gasteiger partial charge on any atom is -0.503 e. The SMILES string of the molecule is COc1c(C(F)F)cnc(CBr)c1O. The first-order valence-electron chi connectivity index (χ1n) is 3.70. The fourth-order valence-electron chi connectivity index (χ4n) is 1.00. The van der Waals surface area contributed by atoms with Crippen LogP contribution >= 0.6 is 15.9 Å². The number of hydrogen-bond acceptors (Lipinski definition) is 3. The minimum atomic E-state index is -2.72. The summed E-state index contributed by atoms with van der Waals surface area (Å²) in [6.07, 6.45) is -1.72. The van der Waals surface area contributed by atoms with Crippen molar-refractivity contribution in [3.05, 3.63) is 17.5 Å². The molecule has 0 aliphatic heterocycles. The monoisotopic (exact) mass is 267 g/mol. The molecule has 1 heterocycles. The van der Waals surface area contributed by atoms with Crippen molar-refractivity contribution >= 4 is 15.9 Å². The average molecular weight is 268 g/mol. The zero-order valence-corrected chi connectivity index (χ0v) is 8.88. The predicted octanol–water partition coefficient (Wildman–Crippen LogP) is 2.63. The van der Waals surface area contributed by atoms with E-state index in [9.17, 15) is 13.9 Å². The first-order chi connectivity index (χ1) is 6.61. The molecule has 0 atom stereocenters. The number of nitrogens with zero attached hydrogens (tertiary/aromatic N) is 1. The van der Waals surface area contributed by atoms with Crippen LogP contribution < -0.4 is 4.74 Å². The lowest BCUT2D eigenvalue weighted by molar-refractivity contribution is 0.145. The predicted molar refractivity (Wildman–Crippen MR) is 50.0 cm³/mol. The highest BCUT2D eigenvalue weighted by Crippen LogP contribution is 2.37. The van der Waals surface area contributed by atoms with Gasteiger partial charge in [-0.2, -0.15) is 0 Å². The maximum absolute atomic E-state index is 12.4. The van der Waals surface area contributed by atoms with Crippen LogP contribution in [0.1, 0.15) is 17.7 Å². The highest BCUT2D eigenvalue weighted by atomic mass is 79.9. The highest BCUT2D eigenvalue weighted by molar-refractivity contribution is 9.08. The van der Waals surface area contributed by atoms with Gasteiger partial charge in [-0.3, -0.25) is 4.98 Å². The molecule has 14 heavy (non-hydrogen) atoms. The number of aromatic nitrogens is 1. The van der Waals surface area contributed by atoms with E-state index in [1.165, 1.54) is 7.11 Å². The number of ether oxygens (including phenoxy) is 1. The van der Waals surface area contributed by atoms with Crippen molar-refractivity contribution in [2.75, 3.05) is 7.11 Å². The third-order valence-electron chi connectivity index (χ3n) is 1.68. The fourth-order valence-corrected chi connectivity index (χ4v) is 1.41. The Morgan fingerprint density at radius 2 is 2.29 bits per heavy atom. The molecule has 0 unspecified atom stereocenters. The van der Waals surface area contributed by atoms with Crippen molar-refractivity contribution in [2.45, 2.75) is 11.8 Å². The summed E-state index contributed by atoms with van der Waals surface area (Å²) in [6.45, 7) is 0. The summed E-state index contributed by atoms with van der Waals surface area (Å²) in [7, 11) is 1.22. The molecule has 0 aliphatic rings. The lowest BCUT2D eigenvalue weighted by Crippen LogP contribution is -1.97. The molecule has 0 saturated carbocycles. The van der Waals surface area contributed by atoms with E-state index in [-0.39, 0.29) is 22.5 Å². The van der Waals surface area contributed by atoms with E-state index in [4.69, 9.17) is 0 Å². The zero-order valence-electron chi connectivity index (χ0n) is 7.30. The normalized spacial score (nSPS) is 10.6. The summed E-state index contributed by atoms with van der Waals surface area (Å²) in [5.74, 6) is -0.563. The Hall–Kier alpha value is -0.910. The molecule has 0 spiro atoms. The van der Waals surface area contributed by atoms with Crippen molar-refractivity contribution in [3.63, 3.8) is 0 Å². The van der Waals surface area contributed by atoms with Gasteiger partial charge in [0.05, 0.1) is 18.4 Å². The van der Waals surface area contributed by atoms with Gasteiger partial charge in [0.15, 0.2) is 11.5 Å². The van der Waals surface area contributed by atoms with Crippen LogP contribution in [0.3, 0.4) is 0 Å². The van der Waals surface area contributed by atoms with Gasteiger partial charge in [-0.15, -0.1) is 0 Å². The molecule has 0 bridgehead atoms. The van der Waals surface area contributed by atoms with Gasteiger partial charge in [0.2, 0.25) is 0 Å². The van der Waals surface area contributed by atoms with Crippen LogP contribution in [0.4, 0.5) is 8.78 Å². The van der Waals surface area contributed by atoms with E-state index in [2.05, 4.69) is 25.7 Å². The van der Waals surface area contributed by atoms with Crippen LogP contribution in [-0.2, 0) is 5.33 Å². The molecule has 0 amide bonds. The summed E-state index contributed by atoms with van der Waals surface area (Å²) in [5, 5.41) is 9.74. The van der Waals surface area contributed by atoms with Crippen molar-refractivity contribution in [2.24, 2.45) is 0 Å². The number of pyridine rings is 1. The molecule has 0 fully saturated rings. The maximum atomic E-state index is 12.4. The van der Waals surface area contributed by atoms with E-state index in [1.54, 1.807) is 0 Å². The molecule has 0 radical (unpaired) electrons. The second-order valence-corrected chi connectivity index (χ2v) is 3.04. The van der Waals surface area contributed by atoms with Crippen LogP contribution in [0, 0.1) is 0 Å². The van der Waals surface area contributed by atoms with Gasteiger partial charge in [-0.05, 0) is 0 Å². The Labute approximate surface area is 87.9 Å². The molecular weight excluding hydrogens is 260 g/mol. The van der Waals surface area contributed by atoms with Crippen LogP contribution in [0.5, 0.6) is 11.5 Å². The van der Waals surface area contributed by atoms with E-state index in [1.807, 2.05) is 0 Å². The van der Waals surface area contributed by atoms with E-state index in [0.29, 0.717) is 0 Å². The van der Waals surface area contributed by atoms with E-state index in [0.717, 1.165) is 6.20 Å². The largest absolute Gasteiger partial charge is 0.503 e. The Morgan fingerprint density at radius 3 is 2.71 bits per heavy atom. The van der Waals surface area contributed by atoms with Crippen molar-refractivity contribution in [3.8, 4) is 11.5 Å². The number of rotatable bonds is 3. The molecular formula is C8H8BrF2NO2. The van der Waals surface area contributed by atoms with Gasteiger partial charge in [-0.25, -0.2) is 8.78 Å². The van der Waals surface area contributed by atoms with Crippen LogP contribution in [0.15, 0.2) is 6.20 Å². The molecule has 78 valence electrons. The van der Waals surface area contributed by atoms with E-state index < -0.39 is 12.0 Å². The third kappa shape index (κ3) is 1.95. The van der Waals surface area contributed by atoms with Gasteiger partial charge >= 0.3 is 0 Å². The topological polar surface area (TPSA) is 42.4 Å².